The fraction of sp³-hybridized carbons (Fsp3) is 0.200. The molecule has 2 aromatic carbocycles. The Kier molecular flexibility index (Phi) is 7.21. The van der Waals surface area contributed by atoms with Gasteiger partial charge in [0.25, 0.3) is 11.5 Å². The minimum Gasteiger partial charge on any atom is -0.478 e. The molecule has 4 aromatic rings. The highest BCUT2D eigenvalue weighted by Gasteiger charge is 2.18. The van der Waals surface area contributed by atoms with Crippen molar-refractivity contribution in [2.24, 2.45) is 0 Å². The highest BCUT2D eigenvalue weighted by molar-refractivity contribution is 7.17. The van der Waals surface area contributed by atoms with Crippen molar-refractivity contribution in [1.29, 1.82) is 0 Å². The van der Waals surface area contributed by atoms with Gasteiger partial charge in [-0.2, -0.15) is 0 Å². The maximum atomic E-state index is 13.7. The van der Waals surface area contributed by atoms with Crippen molar-refractivity contribution in [1.82, 2.24) is 20.4 Å². The lowest BCUT2D eigenvalue weighted by Crippen LogP contribution is -2.47. The largest absolute Gasteiger partial charge is 0.478 e. The summed E-state index contributed by atoms with van der Waals surface area (Å²) in [6.45, 7) is 3.50. The number of fused-ring (bicyclic) bond motifs is 1. The van der Waals surface area contributed by atoms with Crippen LogP contribution in [0.5, 0.6) is 5.75 Å². The van der Waals surface area contributed by atoms with Crippen molar-refractivity contribution in [2.45, 2.75) is 32.9 Å². The first kappa shape index (κ1) is 24.1. The van der Waals surface area contributed by atoms with Crippen LogP contribution >= 0.6 is 11.3 Å². The predicted molar refractivity (Wildman–Crippen MR) is 131 cm³/mol. The Morgan fingerprint density at radius 2 is 1.89 bits per heavy atom. The van der Waals surface area contributed by atoms with Gasteiger partial charge in [0.15, 0.2) is 17.7 Å². The second-order valence-corrected chi connectivity index (χ2v) is 8.77. The molecule has 0 aliphatic heterocycles. The lowest BCUT2D eigenvalue weighted by atomic mass is 10.1. The molecule has 0 spiro atoms. The Labute approximate surface area is 204 Å². The predicted octanol–water partition coefficient (Wildman–Crippen LogP) is 3.58. The zero-order valence-electron chi connectivity index (χ0n) is 19.1. The van der Waals surface area contributed by atoms with Crippen molar-refractivity contribution < 1.29 is 18.7 Å². The number of thiophene rings is 1. The van der Waals surface area contributed by atoms with Crippen LogP contribution in [-0.4, -0.2) is 27.5 Å². The highest BCUT2D eigenvalue weighted by Crippen LogP contribution is 2.30. The summed E-state index contributed by atoms with van der Waals surface area (Å²) >= 11 is 1.39. The molecule has 0 radical (unpaired) electrons. The maximum absolute atomic E-state index is 13.7. The van der Waals surface area contributed by atoms with Gasteiger partial charge in [-0.15, -0.1) is 11.3 Å². The molecule has 10 heteroatoms. The highest BCUT2D eigenvalue weighted by atomic mass is 32.1. The summed E-state index contributed by atoms with van der Waals surface area (Å²) in [6, 6.07) is 13.6. The molecule has 0 saturated heterocycles. The average Bonchev–Trinajstić information content (AvgIpc) is 3.29. The monoisotopic (exact) mass is 494 g/mol. The van der Waals surface area contributed by atoms with Gasteiger partial charge in [0.1, 0.15) is 4.83 Å². The van der Waals surface area contributed by atoms with Crippen LogP contribution in [-0.2, 0) is 16.1 Å². The summed E-state index contributed by atoms with van der Waals surface area (Å²) in [6.07, 6.45) is 0.302. The number of hydrogen-bond donors (Lipinski definition) is 2. The Morgan fingerprint density at radius 1 is 1.14 bits per heavy atom. The fourth-order valence-electron chi connectivity index (χ4n) is 3.37. The Hall–Kier alpha value is -4.05. The zero-order valence-corrected chi connectivity index (χ0v) is 19.9. The first-order valence-electron chi connectivity index (χ1n) is 10.9. The van der Waals surface area contributed by atoms with Gasteiger partial charge in [0.2, 0.25) is 5.91 Å². The third-order valence-corrected chi connectivity index (χ3v) is 6.22. The molecule has 0 saturated carbocycles. The van der Waals surface area contributed by atoms with Gasteiger partial charge in [-0.25, -0.2) is 9.37 Å². The van der Waals surface area contributed by atoms with Crippen LogP contribution in [0.25, 0.3) is 21.3 Å². The smallest absolute Gasteiger partial charge is 0.279 e. The van der Waals surface area contributed by atoms with Crippen molar-refractivity contribution in [3.05, 3.63) is 82.0 Å². The summed E-state index contributed by atoms with van der Waals surface area (Å²) in [5.74, 6) is -1.82. The Morgan fingerprint density at radius 3 is 2.63 bits per heavy atom. The number of hydrazine groups is 1. The van der Waals surface area contributed by atoms with Gasteiger partial charge in [0.05, 0.1) is 11.7 Å². The third-order valence-electron chi connectivity index (χ3n) is 5.34. The Balaban J connectivity index is 1.36. The van der Waals surface area contributed by atoms with E-state index >= 15 is 0 Å². The number of para-hydroxylation sites is 1. The second kappa shape index (κ2) is 10.5. The molecular weight excluding hydrogens is 471 g/mol. The molecular formula is C25H23FN4O4S. The standard InChI is InChI=1S/C25H23FN4O4S/c1-15-7-9-17(10-8-15)18-13-35-24-22(18)25(33)30(14-27-24)12-11-21(31)28-29-23(32)16(2)34-20-6-4-3-5-19(20)26/h3-10,13-14,16H,11-12H2,1-2H3,(H,28,31)(H,29,32). The molecule has 0 aliphatic carbocycles. The van der Waals surface area contributed by atoms with Gasteiger partial charge in [-0.3, -0.25) is 29.8 Å². The van der Waals surface area contributed by atoms with Crippen LogP contribution in [0.3, 0.4) is 0 Å². The summed E-state index contributed by atoms with van der Waals surface area (Å²) in [5.41, 5.74) is 7.13. The number of halogens is 1. The van der Waals surface area contributed by atoms with Crippen molar-refractivity contribution >= 4 is 33.4 Å². The van der Waals surface area contributed by atoms with Gasteiger partial charge in [-0.1, -0.05) is 42.0 Å². The number of carbonyl (C=O) groups is 2. The van der Waals surface area contributed by atoms with E-state index in [1.807, 2.05) is 36.6 Å². The van der Waals surface area contributed by atoms with Crippen LogP contribution in [0.4, 0.5) is 4.39 Å². The van der Waals surface area contributed by atoms with Crippen molar-refractivity contribution in [2.75, 3.05) is 0 Å². The first-order valence-corrected chi connectivity index (χ1v) is 11.7. The molecule has 2 N–H and O–H groups in total. The number of aryl methyl sites for hydroxylation is 2. The molecule has 0 bridgehead atoms. The van der Waals surface area contributed by atoms with Gasteiger partial charge < -0.3 is 4.74 Å². The van der Waals surface area contributed by atoms with E-state index in [0.29, 0.717) is 10.2 Å². The molecule has 2 heterocycles. The molecule has 2 aromatic heterocycles. The van der Waals surface area contributed by atoms with E-state index in [2.05, 4.69) is 15.8 Å². The Bertz CT molecular complexity index is 1430. The number of aromatic nitrogens is 2. The van der Waals surface area contributed by atoms with E-state index in [1.54, 1.807) is 6.07 Å². The summed E-state index contributed by atoms with van der Waals surface area (Å²) < 4.78 is 20.3. The number of benzene rings is 2. The molecule has 8 nitrogen and oxygen atoms in total. The lowest BCUT2D eigenvalue weighted by molar-refractivity contribution is -0.132. The quantitative estimate of drug-likeness (QED) is 0.383. The van der Waals surface area contributed by atoms with Gasteiger partial charge in [0, 0.05) is 23.9 Å². The number of hydrogen-bond acceptors (Lipinski definition) is 6. The normalized spacial score (nSPS) is 11.7. The third kappa shape index (κ3) is 5.55. The van der Waals surface area contributed by atoms with E-state index in [4.69, 9.17) is 4.74 Å². The number of amides is 2. The van der Waals surface area contributed by atoms with Crippen LogP contribution in [0.15, 0.2) is 65.0 Å². The molecule has 35 heavy (non-hydrogen) atoms. The van der Waals surface area contributed by atoms with Gasteiger partial charge in [-0.05, 0) is 31.5 Å². The van der Waals surface area contributed by atoms with Crippen molar-refractivity contribution in [3.63, 3.8) is 0 Å². The SMILES string of the molecule is Cc1ccc(-c2csc3ncn(CCC(=O)NNC(=O)C(C)Oc4ccccc4F)c(=O)c23)cc1. The van der Waals surface area contributed by atoms with Crippen LogP contribution in [0.1, 0.15) is 18.9 Å². The van der Waals surface area contributed by atoms with Gasteiger partial charge >= 0.3 is 0 Å². The number of nitrogens with zero attached hydrogens (tertiary/aromatic N) is 2. The summed E-state index contributed by atoms with van der Waals surface area (Å²) in [4.78, 5) is 42.5. The van der Waals surface area contributed by atoms with E-state index in [1.165, 1.54) is 47.4 Å². The second-order valence-electron chi connectivity index (χ2n) is 7.92. The molecule has 180 valence electrons. The van der Waals surface area contributed by atoms with Crippen LogP contribution < -0.4 is 21.1 Å². The summed E-state index contributed by atoms with van der Waals surface area (Å²) in [7, 11) is 0. The number of carbonyl (C=O) groups excluding carboxylic acids is 2. The minimum atomic E-state index is -1.04. The number of nitrogens with one attached hydrogen (secondary N) is 2. The topological polar surface area (TPSA) is 102 Å². The van der Waals surface area contributed by atoms with E-state index in [9.17, 15) is 18.8 Å². The van der Waals surface area contributed by atoms with Crippen LogP contribution in [0.2, 0.25) is 0 Å². The molecule has 0 fully saturated rings. The fourth-order valence-corrected chi connectivity index (χ4v) is 4.28. The first-order chi connectivity index (χ1) is 16.8. The van der Waals surface area contributed by atoms with E-state index < -0.39 is 23.7 Å². The number of ether oxygens (including phenoxy) is 1. The lowest BCUT2D eigenvalue weighted by Gasteiger charge is -2.15. The molecule has 1 unspecified atom stereocenters. The van der Waals surface area contributed by atoms with Crippen molar-refractivity contribution in [3.8, 4) is 16.9 Å². The van der Waals surface area contributed by atoms with E-state index in [0.717, 1.165) is 16.7 Å². The summed E-state index contributed by atoms with van der Waals surface area (Å²) in [5, 5.41) is 2.41. The van der Waals surface area contributed by atoms with E-state index in [-0.39, 0.29) is 24.3 Å². The molecule has 4 rings (SSSR count). The number of rotatable bonds is 7. The average molecular weight is 495 g/mol. The van der Waals surface area contributed by atoms with Crippen LogP contribution in [0, 0.1) is 12.7 Å². The molecule has 2 amide bonds. The molecule has 1 atom stereocenters. The zero-order chi connectivity index (χ0) is 24.9. The molecule has 0 aliphatic rings. The maximum Gasteiger partial charge on any atom is 0.279 e. The minimum absolute atomic E-state index is 0.0674.